The van der Waals surface area contributed by atoms with Crippen LogP contribution in [0.3, 0.4) is 0 Å². The number of aryl methyl sites for hydroxylation is 2. The predicted molar refractivity (Wildman–Crippen MR) is 98.8 cm³/mol. The number of benzene rings is 2. The second-order valence-corrected chi connectivity index (χ2v) is 6.66. The molecule has 3 rings (SSSR count). The molecule has 0 aliphatic carbocycles. The minimum Gasteiger partial charge on any atom is -0.306 e. The first-order valence-corrected chi connectivity index (χ1v) is 8.74. The van der Waals surface area contributed by atoms with Crippen LogP contribution in [0, 0.1) is 0 Å². The minimum atomic E-state index is 0.421. The summed E-state index contributed by atoms with van der Waals surface area (Å²) >= 11 is 0. The van der Waals surface area contributed by atoms with Crippen molar-refractivity contribution in [1.29, 1.82) is 0 Å². The second kappa shape index (κ2) is 7.14. The van der Waals surface area contributed by atoms with Crippen molar-refractivity contribution in [1.82, 2.24) is 5.32 Å². The first-order valence-electron chi connectivity index (χ1n) is 8.74. The maximum atomic E-state index is 4.16. The molecule has 2 aromatic rings. The Labute approximate surface area is 140 Å². The first-order chi connectivity index (χ1) is 11.2. The normalized spacial score (nSPS) is 16.9. The maximum absolute atomic E-state index is 4.16. The lowest BCUT2D eigenvalue weighted by atomic mass is 9.84. The van der Waals surface area contributed by atoms with Crippen molar-refractivity contribution in [3.8, 4) is 0 Å². The number of fused-ring (bicyclic) bond motifs is 1. The van der Waals surface area contributed by atoms with E-state index in [1.165, 1.54) is 22.3 Å². The Hall–Kier alpha value is -1.86. The third kappa shape index (κ3) is 3.56. The molecule has 1 heteroatoms. The number of nitrogens with one attached hydrogen (secondary N) is 1. The van der Waals surface area contributed by atoms with Gasteiger partial charge in [-0.15, -0.1) is 0 Å². The van der Waals surface area contributed by atoms with Gasteiger partial charge in [0.15, 0.2) is 0 Å². The molecule has 23 heavy (non-hydrogen) atoms. The van der Waals surface area contributed by atoms with Crippen molar-refractivity contribution in [2.45, 2.75) is 52.1 Å². The zero-order valence-electron chi connectivity index (χ0n) is 14.4. The van der Waals surface area contributed by atoms with Gasteiger partial charge in [-0.25, -0.2) is 0 Å². The molecule has 1 aliphatic rings. The third-order valence-electron chi connectivity index (χ3n) is 5.05. The molecule has 1 unspecified atom stereocenters. The Balaban J connectivity index is 1.89. The van der Waals surface area contributed by atoms with E-state index in [0.29, 0.717) is 6.04 Å². The minimum absolute atomic E-state index is 0.421. The zero-order chi connectivity index (χ0) is 16.2. The van der Waals surface area contributed by atoms with Crippen LogP contribution in [0.5, 0.6) is 0 Å². The van der Waals surface area contributed by atoms with E-state index in [-0.39, 0.29) is 0 Å². The third-order valence-corrected chi connectivity index (χ3v) is 5.05. The molecule has 0 amide bonds. The van der Waals surface area contributed by atoms with Crippen molar-refractivity contribution in [3.05, 3.63) is 82.4 Å². The van der Waals surface area contributed by atoms with Crippen LogP contribution in [-0.2, 0) is 32.2 Å². The molecule has 0 saturated carbocycles. The van der Waals surface area contributed by atoms with E-state index in [1.54, 1.807) is 11.1 Å². The molecule has 0 aromatic heterocycles. The average Bonchev–Trinajstić information content (AvgIpc) is 2.59. The SMILES string of the molecule is C=C(C)C1Cc2c(ccc(CC)c2CCc2ccccc2)CN1. The van der Waals surface area contributed by atoms with E-state index in [9.17, 15) is 0 Å². The fourth-order valence-corrected chi connectivity index (χ4v) is 3.62. The summed E-state index contributed by atoms with van der Waals surface area (Å²) in [6, 6.07) is 15.9. The Kier molecular flexibility index (Phi) is 4.97. The summed E-state index contributed by atoms with van der Waals surface area (Å²) in [5.74, 6) is 0. The monoisotopic (exact) mass is 305 g/mol. The fourth-order valence-electron chi connectivity index (χ4n) is 3.62. The highest BCUT2D eigenvalue weighted by Gasteiger charge is 2.22. The van der Waals surface area contributed by atoms with Gasteiger partial charge in [0.2, 0.25) is 0 Å². The second-order valence-electron chi connectivity index (χ2n) is 6.66. The highest BCUT2D eigenvalue weighted by molar-refractivity contribution is 5.44. The van der Waals surface area contributed by atoms with E-state index in [4.69, 9.17) is 0 Å². The van der Waals surface area contributed by atoms with Crippen LogP contribution in [-0.4, -0.2) is 6.04 Å². The molecule has 0 bridgehead atoms. The molecule has 120 valence electrons. The quantitative estimate of drug-likeness (QED) is 0.795. The highest BCUT2D eigenvalue weighted by atomic mass is 14.9. The standard InChI is InChI=1S/C22H27N/c1-4-18-11-12-19-15-23-22(16(2)3)14-21(19)20(18)13-10-17-8-6-5-7-9-17/h5-9,11-12,22-23H,2,4,10,13-15H2,1,3H3. The van der Waals surface area contributed by atoms with Crippen molar-refractivity contribution in [2.24, 2.45) is 0 Å². The topological polar surface area (TPSA) is 12.0 Å². The van der Waals surface area contributed by atoms with Gasteiger partial charge in [0.25, 0.3) is 0 Å². The molecule has 1 heterocycles. The van der Waals surface area contributed by atoms with Crippen molar-refractivity contribution in [3.63, 3.8) is 0 Å². The van der Waals surface area contributed by atoms with Crippen LogP contribution in [0.1, 0.15) is 41.7 Å². The summed E-state index contributed by atoms with van der Waals surface area (Å²) in [4.78, 5) is 0. The van der Waals surface area contributed by atoms with Gasteiger partial charge in [-0.05, 0) is 60.4 Å². The molecule has 1 nitrogen and oxygen atoms in total. The van der Waals surface area contributed by atoms with Gasteiger partial charge in [0, 0.05) is 12.6 Å². The smallest absolute Gasteiger partial charge is 0.0317 e. The summed E-state index contributed by atoms with van der Waals surface area (Å²) < 4.78 is 0. The summed E-state index contributed by atoms with van der Waals surface area (Å²) in [5, 5.41) is 3.61. The Bertz CT molecular complexity index is 685. The predicted octanol–water partition coefficient (Wildman–Crippen LogP) is 4.62. The van der Waals surface area contributed by atoms with Crippen LogP contribution in [0.25, 0.3) is 0 Å². The van der Waals surface area contributed by atoms with Gasteiger partial charge in [-0.2, -0.15) is 0 Å². The molecular formula is C22H27N. The van der Waals surface area contributed by atoms with Gasteiger partial charge in [-0.1, -0.05) is 61.5 Å². The molecular weight excluding hydrogens is 278 g/mol. The fraction of sp³-hybridized carbons (Fsp3) is 0.364. The number of rotatable bonds is 5. The van der Waals surface area contributed by atoms with Crippen molar-refractivity contribution >= 4 is 0 Å². The Morgan fingerprint density at radius 2 is 1.91 bits per heavy atom. The zero-order valence-corrected chi connectivity index (χ0v) is 14.4. The van der Waals surface area contributed by atoms with E-state index in [0.717, 1.165) is 32.2 Å². The van der Waals surface area contributed by atoms with E-state index in [2.05, 4.69) is 68.2 Å². The summed E-state index contributed by atoms with van der Waals surface area (Å²) in [6.45, 7) is 9.53. The Morgan fingerprint density at radius 3 is 2.61 bits per heavy atom. The summed E-state index contributed by atoms with van der Waals surface area (Å²) in [6.07, 6.45) is 4.46. The number of hydrogen-bond donors (Lipinski definition) is 1. The first kappa shape index (κ1) is 16.0. The van der Waals surface area contributed by atoms with Gasteiger partial charge in [0.05, 0.1) is 0 Å². The molecule has 1 N–H and O–H groups in total. The van der Waals surface area contributed by atoms with Crippen molar-refractivity contribution in [2.75, 3.05) is 0 Å². The van der Waals surface area contributed by atoms with Gasteiger partial charge >= 0.3 is 0 Å². The lowest BCUT2D eigenvalue weighted by Crippen LogP contribution is -2.37. The average molecular weight is 305 g/mol. The van der Waals surface area contributed by atoms with Gasteiger partial charge < -0.3 is 5.32 Å². The molecule has 0 radical (unpaired) electrons. The van der Waals surface area contributed by atoms with E-state index < -0.39 is 0 Å². The lowest BCUT2D eigenvalue weighted by molar-refractivity contribution is 0.529. The van der Waals surface area contributed by atoms with Crippen LogP contribution in [0.4, 0.5) is 0 Å². The molecule has 0 spiro atoms. The molecule has 0 fully saturated rings. The molecule has 2 aromatic carbocycles. The molecule has 1 aliphatic heterocycles. The van der Waals surface area contributed by atoms with Gasteiger partial charge in [0.1, 0.15) is 0 Å². The molecule has 0 saturated heterocycles. The van der Waals surface area contributed by atoms with Crippen LogP contribution < -0.4 is 5.32 Å². The number of hydrogen-bond acceptors (Lipinski definition) is 1. The van der Waals surface area contributed by atoms with Gasteiger partial charge in [-0.3, -0.25) is 0 Å². The summed E-state index contributed by atoms with van der Waals surface area (Å²) in [5.41, 5.74) is 8.82. The summed E-state index contributed by atoms with van der Waals surface area (Å²) in [7, 11) is 0. The van der Waals surface area contributed by atoms with E-state index in [1.807, 2.05) is 0 Å². The highest BCUT2D eigenvalue weighted by Crippen LogP contribution is 2.27. The largest absolute Gasteiger partial charge is 0.306 e. The van der Waals surface area contributed by atoms with Crippen LogP contribution in [0.15, 0.2) is 54.6 Å². The van der Waals surface area contributed by atoms with E-state index >= 15 is 0 Å². The van der Waals surface area contributed by atoms with Crippen LogP contribution in [0.2, 0.25) is 0 Å². The molecule has 1 atom stereocenters. The van der Waals surface area contributed by atoms with Crippen LogP contribution >= 0.6 is 0 Å². The lowest BCUT2D eigenvalue weighted by Gasteiger charge is -2.29. The van der Waals surface area contributed by atoms with Crippen molar-refractivity contribution < 1.29 is 0 Å². The maximum Gasteiger partial charge on any atom is 0.0317 e. The Morgan fingerprint density at radius 1 is 1.13 bits per heavy atom.